The van der Waals surface area contributed by atoms with Gasteiger partial charge in [-0.3, -0.25) is 4.79 Å². The molecule has 1 saturated heterocycles. The van der Waals surface area contributed by atoms with Crippen molar-refractivity contribution in [3.8, 4) is 0 Å². The second-order valence-corrected chi connectivity index (χ2v) is 9.64. The van der Waals surface area contributed by atoms with Crippen molar-refractivity contribution in [2.45, 2.75) is 36.0 Å². The van der Waals surface area contributed by atoms with Crippen LogP contribution in [0.2, 0.25) is 5.02 Å². The third-order valence-corrected chi connectivity index (χ3v) is 6.69. The summed E-state index contributed by atoms with van der Waals surface area (Å²) >= 11 is 7.25. The predicted octanol–water partition coefficient (Wildman–Crippen LogP) is 2.51. The van der Waals surface area contributed by atoms with Crippen LogP contribution in [-0.4, -0.2) is 36.6 Å². The molecule has 1 heterocycles. The van der Waals surface area contributed by atoms with Gasteiger partial charge in [-0.1, -0.05) is 11.6 Å². The predicted molar refractivity (Wildman–Crippen MR) is 86.6 cm³/mol. The number of amides is 1. The quantitative estimate of drug-likeness (QED) is 0.850. The lowest BCUT2D eigenvalue weighted by molar-refractivity contribution is -0.121. The van der Waals surface area contributed by atoms with Crippen LogP contribution < -0.4 is 5.32 Å². The minimum absolute atomic E-state index is 0.0179. The van der Waals surface area contributed by atoms with Gasteiger partial charge in [0.1, 0.15) is 0 Å². The molecule has 0 spiro atoms. The molecule has 0 bridgehead atoms. The van der Waals surface area contributed by atoms with Crippen molar-refractivity contribution in [3.05, 3.63) is 29.3 Å². The summed E-state index contributed by atoms with van der Waals surface area (Å²) in [6, 6.07) is 7.27. The van der Waals surface area contributed by atoms with E-state index in [-0.39, 0.29) is 22.7 Å². The Labute approximate surface area is 134 Å². The van der Waals surface area contributed by atoms with Crippen LogP contribution in [0.15, 0.2) is 29.2 Å². The summed E-state index contributed by atoms with van der Waals surface area (Å²) in [4.78, 5) is 13.2. The largest absolute Gasteiger partial charge is 0.349 e. The Kier molecular flexibility index (Phi) is 4.90. The normalized spacial score (nSPS) is 25.5. The third-order valence-electron chi connectivity index (χ3n) is 3.42. The molecule has 1 aliphatic heterocycles. The molecule has 0 unspecified atom stereocenters. The lowest BCUT2D eigenvalue weighted by atomic mass is 10.0. The summed E-state index contributed by atoms with van der Waals surface area (Å²) in [6.07, 6.45) is 0.472. The molecule has 4 nitrogen and oxygen atoms in total. The fourth-order valence-corrected chi connectivity index (χ4v) is 5.37. The van der Waals surface area contributed by atoms with Crippen molar-refractivity contribution in [2.75, 3.05) is 11.5 Å². The maximum atomic E-state index is 12.2. The number of carbonyl (C=O) groups excluding carboxylic acids is 1. The fraction of sp³-hybridized carbons (Fsp3) is 0.500. The van der Waals surface area contributed by atoms with Crippen LogP contribution in [-0.2, 0) is 14.6 Å². The highest BCUT2D eigenvalue weighted by Crippen LogP contribution is 2.27. The first-order valence-electron chi connectivity index (χ1n) is 6.64. The van der Waals surface area contributed by atoms with Gasteiger partial charge in [0, 0.05) is 9.92 Å². The minimum Gasteiger partial charge on any atom is -0.349 e. The summed E-state index contributed by atoms with van der Waals surface area (Å²) in [7, 11) is -3.03. The van der Waals surface area contributed by atoms with Crippen molar-refractivity contribution < 1.29 is 13.2 Å². The van der Waals surface area contributed by atoms with Crippen molar-refractivity contribution in [1.29, 1.82) is 0 Å². The Hall–Kier alpha value is -0.720. The average Bonchev–Trinajstić information content (AvgIpc) is 2.66. The van der Waals surface area contributed by atoms with E-state index in [0.717, 1.165) is 4.90 Å². The van der Waals surface area contributed by atoms with E-state index in [2.05, 4.69) is 5.32 Å². The highest BCUT2D eigenvalue weighted by Gasteiger charge is 2.40. The summed E-state index contributed by atoms with van der Waals surface area (Å²) in [6.45, 7) is 3.59. The standard InChI is InChI=1S/C14H18ClNO3S2/c1-10(20-12-5-3-11(15)4-6-12)13(17)16-14(2)7-8-21(18,19)9-14/h3-6,10H,7-9H2,1-2H3,(H,16,17)/t10-,14-/m1/s1. The van der Waals surface area contributed by atoms with E-state index in [0.29, 0.717) is 11.4 Å². The van der Waals surface area contributed by atoms with E-state index in [1.54, 1.807) is 26.0 Å². The van der Waals surface area contributed by atoms with E-state index in [4.69, 9.17) is 11.6 Å². The van der Waals surface area contributed by atoms with Gasteiger partial charge in [0.15, 0.2) is 9.84 Å². The Morgan fingerprint density at radius 2 is 2.00 bits per heavy atom. The smallest absolute Gasteiger partial charge is 0.233 e. The molecule has 2 atom stereocenters. The van der Waals surface area contributed by atoms with E-state index in [1.165, 1.54) is 11.8 Å². The molecule has 1 aromatic rings. The van der Waals surface area contributed by atoms with Crippen LogP contribution in [0.1, 0.15) is 20.3 Å². The zero-order chi connectivity index (χ0) is 15.7. The Balaban J connectivity index is 1.95. The number of nitrogens with one attached hydrogen (secondary N) is 1. The molecule has 1 fully saturated rings. The highest BCUT2D eigenvalue weighted by molar-refractivity contribution is 8.00. The summed E-state index contributed by atoms with van der Waals surface area (Å²) in [5.41, 5.74) is -0.648. The Morgan fingerprint density at radius 1 is 1.38 bits per heavy atom. The molecule has 21 heavy (non-hydrogen) atoms. The third kappa shape index (κ3) is 4.63. The van der Waals surface area contributed by atoms with Crippen LogP contribution in [0, 0.1) is 0 Å². The molecule has 1 amide bonds. The van der Waals surface area contributed by atoms with Gasteiger partial charge in [0.25, 0.3) is 0 Å². The van der Waals surface area contributed by atoms with Gasteiger partial charge in [0.2, 0.25) is 5.91 Å². The molecule has 7 heteroatoms. The summed E-state index contributed by atoms with van der Waals surface area (Å²) in [5.74, 6) is 0.0154. The second kappa shape index (κ2) is 6.18. The number of carbonyl (C=O) groups is 1. The molecule has 2 rings (SSSR count). The topological polar surface area (TPSA) is 63.2 Å². The van der Waals surface area contributed by atoms with Gasteiger partial charge in [-0.25, -0.2) is 8.42 Å². The molecule has 0 aromatic heterocycles. The zero-order valence-electron chi connectivity index (χ0n) is 11.9. The number of halogens is 1. The second-order valence-electron chi connectivity index (χ2n) is 5.61. The number of benzene rings is 1. The molecular formula is C14H18ClNO3S2. The molecule has 0 radical (unpaired) electrons. The molecule has 1 aliphatic rings. The van der Waals surface area contributed by atoms with E-state index in [9.17, 15) is 13.2 Å². The summed E-state index contributed by atoms with van der Waals surface area (Å²) < 4.78 is 23.1. The molecular weight excluding hydrogens is 330 g/mol. The average molecular weight is 348 g/mol. The Bertz CT molecular complexity index is 630. The molecule has 0 saturated carbocycles. The highest BCUT2D eigenvalue weighted by atomic mass is 35.5. The fourth-order valence-electron chi connectivity index (χ4n) is 2.28. The lowest BCUT2D eigenvalue weighted by Gasteiger charge is -2.25. The van der Waals surface area contributed by atoms with E-state index in [1.807, 2.05) is 12.1 Å². The van der Waals surface area contributed by atoms with Crippen molar-refractivity contribution in [2.24, 2.45) is 0 Å². The number of thioether (sulfide) groups is 1. The maximum absolute atomic E-state index is 12.2. The van der Waals surface area contributed by atoms with Crippen molar-refractivity contribution >= 4 is 39.1 Å². The number of sulfone groups is 1. The van der Waals surface area contributed by atoms with Gasteiger partial charge in [-0.2, -0.15) is 0 Å². The van der Waals surface area contributed by atoms with Crippen LogP contribution in [0.5, 0.6) is 0 Å². The van der Waals surface area contributed by atoms with Crippen molar-refractivity contribution in [3.63, 3.8) is 0 Å². The first-order chi connectivity index (χ1) is 9.69. The van der Waals surface area contributed by atoms with Gasteiger partial charge in [0.05, 0.1) is 22.3 Å². The van der Waals surface area contributed by atoms with Gasteiger partial charge in [-0.05, 0) is 44.5 Å². The Morgan fingerprint density at radius 3 is 2.52 bits per heavy atom. The molecule has 0 aliphatic carbocycles. The van der Waals surface area contributed by atoms with Crippen LogP contribution in [0.3, 0.4) is 0 Å². The maximum Gasteiger partial charge on any atom is 0.233 e. The van der Waals surface area contributed by atoms with Gasteiger partial charge in [-0.15, -0.1) is 11.8 Å². The first kappa shape index (κ1) is 16.6. The molecule has 1 N–H and O–H groups in total. The van der Waals surface area contributed by atoms with Crippen LogP contribution >= 0.6 is 23.4 Å². The summed E-state index contributed by atoms with van der Waals surface area (Å²) in [5, 5.41) is 3.23. The number of hydrogen-bond acceptors (Lipinski definition) is 4. The SMILES string of the molecule is C[C@@H](Sc1ccc(Cl)cc1)C(=O)N[C@]1(C)CCS(=O)(=O)C1. The van der Waals surface area contributed by atoms with E-state index >= 15 is 0 Å². The monoisotopic (exact) mass is 347 g/mol. The van der Waals surface area contributed by atoms with Crippen LogP contribution in [0.4, 0.5) is 0 Å². The lowest BCUT2D eigenvalue weighted by Crippen LogP contribution is -2.49. The number of rotatable bonds is 4. The zero-order valence-corrected chi connectivity index (χ0v) is 14.3. The number of hydrogen-bond donors (Lipinski definition) is 1. The van der Waals surface area contributed by atoms with Gasteiger partial charge < -0.3 is 5.32 Å². The first-order valence-corrected chi connectivity index (χ1v) is 9.72. The van der Waals surface area contributed by atoms with E-state index < -0.39 is 15.4 Å². The van der Waals surface area contributed by atoms with Gasteiger partial charge >= 0.3 is 0 Å². The van der Waals surface area contributed by atoms with Crippen LogP contribution in [0.25, 0.3) is 0 Å². The molecule has 116 valence electrons. The molecule has 1 aromatic carbocycles. The van der Waals surface area contributed by atoms with Crippen molar-refractivity contribution in [1.82, 2.24) is 5.32 Å². The minimum atomic E-state index is -3.03.